The number of ether oxygens (including phenoxy) is 3. The lowest BCUT2D eigenvalue weighted by molar-refractivity contribution is -0.384. The number of rotatable bonds is 6. The maximum absolute atomic E-state index is 12.2. The first-order valence-corrected chi connectivity index (χ1v) is 9.54. The smallest absolute Gasteiger partial charge is 0.363 e. The molecule has 31 heavy (non-hydrogen) atoms. The van der Waals surface area contributed by atoms with E-state index in [2.05, 4.69) is 4.99 Å². The number of cyclic esters (lactones) is 1. The first kappa shape index (κ1) is 22.3. The largest absolute Gasteiger partial charge is 0.493 e. The molecule has 0 saturated heterocycles. The van der Waals surface area contributed by atoms with E-state index < -0.39 is 16.9 Å². The number of methoxy groups -OCH3 is 1. The van der Waals surface area contributed by atoms with Gasteiger partial charge in [0.1, 0.15) is 5.02 Å². The minimum absolute atomic E-state index is 0.0555. The van der Waals surface area contributed by atoms with Crippen molar-refractivity contribution in [3.63, 3.8) is 0 Å². The normalized spacial score (nSPS) is 14.3. The van der Waals surface area contributed by atoms with Gasteiger partial charge >= 0.3 is 11.9 Å². The van der Waals surface area contributed by atoms with E-state index in [0.29, 0.717) is 5.56 Å². The molecule has 0 fully saturated rings. The van der Waals surface area contributed by atoms with E-state index in [1.807, 2.05) is 0 Å². The molecule has 0 unspecified atom stereocenters. The minimum atomic E-state index is -0.760. The first-order chi connectivity index (χ1) is 14.7. The first-order valence-electron chi connectivity index (χ1n) is 8.78. The summed E-state index contributed by atoms with van der Waals surface area (Å²) in [5, 5.41) is 11.1. The Kier molecular flexibility index (Phi) is 6.57. The summed E-state index contributed by atoms with van der Waals surface area (Å²) >= 11 is 12.0. The Morgan fingerprint density at radius 1 is 1.26 bits per heavy atom. The lowest BCUT2D eigenvalue weighted by atomic mass is 10.1. The van der Waals surface area contributed by atoms with E-state index in [-0.39, 0.29) is 50.8 Å². The van der Waals surface area contributed by atoms with Crippen LogP contribution in [0.2, 0.25) is 10.0 Å². The van der Waals surface area contributed by atoms with Crippen LogP contribution in [0.15, 0.2) is 41.0 Å². The number of hydrogen-bond donors (Lipinski definition) is 0. The van der Waals surface area contributed by atoms with Gasteiger partial charge in [0.2, 0.25) is 5.90 Å². The van der Waals surface area contributed by atoms with Gasteiger partial charge in [-0.25, -0.2) is 9.79 Å². The Morgan fingerprint density at radius 2 is 2.00 bits per heavy atom. The van der Waals surface area contributed by atoms with Crippen molar-refractivity contribution in [2.24, 2.45) is 4.99 Å². The number of nitro groups is 1. The number of esters is 2. The molecular formula is C20H14Cl2N2O7. The van der Waals surface area contributed by atoms with Gasteiger partial charge in [0.15, 0.2) is 17.2 Å². The van der Waals surface area contributed by atoms with Crippen LogP contribution in [0, 0.1) is 10.1 Å². The molecule has 0 saturated carbocycles. The summed E-state index contributed by atoms with van der Waals surface area (Å²) in [4.78, 5) is 38.4. The Hall–Kier alpha value is -3.43. The van der Waals surface area contributed by atoms with Crippen LogP contribution >= 0.6 is 23.2 Å². The average molecular weight is 465 g/mol. The zero-order chi connectivity index (χ0) is 22.7. The van der Waals surface area contributed by atoms with Crippen LogP contribution in [0.4, 0.5) is 5.69 Å². The molecule has 0 radical (unpaired) electrons. The van der Waals surface area contributed by atoms with Crippen LogP contribution in [0.5, 0.6) is 11.5 Å². The van der Waals surface area contributed by atoms with Crippen molar-refractivity contribution >= 4 is 52.8 Å². The van der Waals surface area contributed by atoms with Crippen LogP contribution in [0.25, 0.3) is 6.08 Å². The fourth-order valence-electron chi connectivity index (χ4n) is 2.58. The van der Waals surface area contributed by atoms with Gasteiger partial charge in [0.05, 0.1) is 17.1 Å². The molecule has 0 N–H and O–H groups in total. The second-order valence-corrected chi connectivity index (χ2v) is 6.94. The molecule has 11 heteroatoms. The van der Waals surface area contributed by atoms with Gasteiger partial charge in [-0.2, -0.15) is 0 Å². The topological polar surface area (TPSA) is 117 Å². The highest BCUT2D eigenvalue weighted by Crippen LogP contribution is 2.37. The van der Waals surface area contributed by atoms with Crippen LogP contribution < -0.4 is 9.47 Å². The zero-order valence-corrected chi connectivity index (χ0v) is 17.7. The zero-order valence-electron chi connectivity index (χ0n) is 16.2. The molecule has 0 bridgehead atoms. The fraction of sp³-hybridized carbons (Fsp3) is 0.150. The van der Waals surface area contributed by atoms with Gasteiger partial charge in [-0.05, 0) is 35.9 Å². The molecule has 1 aliphatic rings. The van der Waals surface area contributed by atoms with Crippen molar-refractivity contribution in [3.05, 3.63) is 67.3 Å². The van der Waals surface area contributed by atoms with Crippen LogP contribution in [0.1, 0.15) is 24.5 Å². The maximum Gasteiger partial charge on any atom is 0.363 e. The number of carbonyl (C=O) groups is 2. The monoisotopic (exact) mass is 464 g/mol. The Bertz CT molecular complexity index is 1160. The number of nitrogens with zero attached hydrogens (tertiary/aromatic N) is 2. The predicted octanol–water partition coefficient (Wildman–Crippen LogP) is 4.57. The molecule has 0 aliphatic carbocycles. The summed E-state index contributed by atoms with van der Waals surface area (Å²) in [6.45, 7) is 1.64. The molecule has 0 amide bonds. The Balaban J connectivity index is 1.97. The summed E-state index contributed by atoms with van der Waals surface area (Å²) in [7, 11) is 1.37. The number of benzene rings is 2. The van der Waals surface area contributed by atoms with E-state index in [0.717, 1.165) is 6.07 Å². The molecule has 3 rings (SSSR count). The van der Waals surface area contributed by atoms with E-state index in [9.17, 15) is 19.7 Å². The molecular weight excluding hydrogens is 451 g/mol. The number of halogens is 2. The van der Waals surface area contributed by atoms with Crippen molar-refractivity contribution in [2.45, 2.75) is 13.3 Å². The second kappa shape index (κ2) is 9.15. The minimum Gasteiger partial charge on any atom is -0.493 e. The highest BCUT2D eigenvalue weighted by molar-refractivity contribution is 6.33. The number of aliphatic imine (C=N–C) groups is 1. The predicted molar refractivity (Wildman–Crippen MR) is 113 cm³/mol. The molecule has 160 valence electrons. The lowest BCUT2D eigenvalue weighted by Gasteiger charge is -2.11. The molecule has 2 aromatic carbocycles. The van der Waals surface area contributed by atoms with Crippen molar-refractivity contribution in [3.8, 4) is 11.5 Å². The lowest BCUT2D eigenvalue weighted by Crippen LogP contribution is -2.07. The van der Waals surface area contributed by atoms with Crippen LogP contribution in [-0.2, 0) is 14.3 Å². The Morgan fingerprint density at radius 3 is 2.65 bits per heavy atom. The summed E-state index contributed by atoms with van der Waals surface area (Å²) in [5.41, 5.74) is 0.232. The van der Waals surface area contributed by atoms with Crippen molar-refractivity contribution in [1.82, 2.24) is 0 Å². The number of carbonyl (C=O) groups excluding carboxylic acids is 2. The summed E-state index contributed by atoms with van der Waals surface area (Å²) in [6.07, 6.45) is 1.54. The molecule has 1 heterocycles. The van der Waals surface area contributed by atoms with Gasteiger partial charge in [-0.1, -0.05) is 30.1 Å². The van der Waals surface area contributed by atoms with Crippen LogP contribution in [-0.4, -0.2) is 29.9 Å². The van der Waals surface area contributed by atoms with Crippen molar-refractivity contribution in [2.75, 3.05) is 7.11 Å². The maximum atomic E-state index is 12.2. The molecule has 0 atom stereocenters. The van der Waals surface area contributed by atoms with E-state index in [1.165, 1.54) is 37.5 Å². The second-order valence-electron chi connectivity index (χ2n) is 6.12. The third-order valence-corrected chi connectivity index (χ3v) is 4.67. The third kappa shape index (κ3) is 4.84. The highest BCUT2D eigenvalue weighted by Gasteiger charge is 2.26. The van der Waals surface area contributed by atoms with E-state index >= 15 is 0 Å². The average Bonchev–Trinajstić information content (AvgIpc) is 3.09. The molecule has 1 aliphatic heterocycles. The SMILES string of the molecule is CCC(=O)Oc1c(Cl)cc(/C=C2\N=C(c3ccc(Cl)c([N+](=O)[O-])c3)OC2=O)cc1OC. The molecule has 9 nitrogen and oxygen atoms in total. The van der Waals surface area contributed by atoms with Crippen LogP contribution in [0.3, 0.4) is 0 Å². The summed E-state index contributed by atoms with van der Waals surface area (Å²) in [6, 6.07) is 6.89. The van der Waals surface area contributed by atoms with Gasteiger partial charge in [-0.15, -0.1) is 0 Å². The van der Waals surface area contributed by atoms with Crippen molar-refractivity contribution < 1.29 is 28.7 Å². The van der Waals surface area contributed by atoms with E-state index in [1.54, 1.807) is 6.92 Å². The van der Waals surface area contributed by atoms with Gasteiger partial charge < -0.3 is 14.2 Å². The third-order valence-electron chi connectivity index (χ3n) is 4.07. The van der Waals surface area contributed by atoms with Gasteiger partial charge in [0, 0.05) is 18.1 Å². The Labute approximate surface area is 186 Å². The molecule has 0 aromatic heterocycles. The highest BCUT2D eigenvalue weighted by atomic mass is 35.5. The summed E-state index contributed by atoms with van der Waals surface area (Å²) in [5.74, 6) is -1.11. The summed E-state index contributed by atoms with van der Waals surface area (Å²) < 4.78 is 15.5. The fourth-order valence-corrected chi connectivity index (χ4v) is 3.03. The number of nitro benzene ring substituents is 1. The quantitative estimate of drug-likeness (QED) is 0.202. The molecule has 0 spiro atoms. The van der Waals surface area contributed by atoms with Gasteiger partial charge in [0.25, 0.3) is 5.69 Å². The van der Waals surface area contributed by atoms with Gasteiger partial charge in [-0.3, -0.25) is 14.9 Å². The number of hydrogen-bond acceptors (Lipinski definition) is 8. The van der Waals surface area contributed by atoms with Crippen molar-refractivity contribution in [1.29, 1.82) is 0 Å². The van der Waals surface area contributed by atoms with E-state index in [4.69, 9.17) is 37.4 Å². The molecule has 2 aromatic rings. The standard InChI is InChI=1S/C20H14Cl2N2O7/c1-3-17(25)30-18-13(22)6-10(8-16(18)29-2)7-14-20(26)31-19(23-14)11-4-5-12(21)15(9-11)24(27)28/h4-9H,3H2,1-2H3/b14-7-.